The third kappa shape index (κ3) is 8.98. The molecule has 0 saturated carbocycles. The lowest BCUT2D eigenvalue weighted by molar-refractivity contribution is -0.158. The summed E-state index contributed by atoms with van der Waals surface area (Å²) in [6.45, 7) is 6.67. The molecule has 0 aromatic carbocycles. The molecule has 0 unspecified atom stereocenters. The highest BCUT2D eigenvalue weighted by molar-refractivity contribution is 7.90. The van der Waals surface area contributed by atoms with Gasteiger partial charge >= 0.3 is 5.97 Å². The van der Waals surface area contributed by atoms with E-state index in [-0.39, 0.29) is 12.2 Å². The molecule has 1 atom stereocenters. The SMILES string of the molecule is C[C@@H](NC(=O)CCS(C)(=O)=O)C(=O)OC(C)(C)C. The fourth-order valence-electron chi connectivity index (χ4n) is 1.04. The van der Waals surface area contributed by atoms with Gasteiger partial charge in [-0.1, -0.05) is 0 Å². The van der Waals surface area contributed by atoms with Gasteiger partial charge in [-0.25, -0.2) is 13.2 Å². The predicted octanol–water partition coefficient (Wildman–Crippen LogP) is 0.268. The summed E-state index contributed by atoms with van der Waals surface area (Å²) in [4.78, 5) is 22.9. The monoisotopic (exact) mass is 279 g/mol. The van der Waals surface area contributed by atoms with E-state index in [9.17, 15) is 18.0 Å². The second-order valence-electron chi connectivity index (χ2n) is 5.20. The summed E-state index contributed by atoms with van der Waals surface area (Å²) < 4.78 is 26.8. The van der Waals surface area contributed by atoms with Crippen molar-refractivity contribution >= 4 is 21.7 Å². The number of nitrogens with one attached hydrogen (secondary N) is 1. The molecule has 0 radical (unpaired) electrons. The Morgan fingerprint density at radius 1 is 1.28 bits per heavy atom. The van der Waals surface area contributed by atoms with Crippen molar-refractivity contribution in [3.05, 3.63) is 0 Å². The predicted molar refractivity (Wildman–Crippen MR) is 67.8 cm³/mol. The zero-order valence-corrected chi connectivity index (χ0v) is 12.3. The molecule has 6 nitrogen and oxygen atoms in total. The molecule has 18 heavy (non-hydrogen) atoms. The summed E-state index contributed by atoms with van der Waals surface area (Å²) in [5.41, 5.74) is -0.622. The number of hydrogen-bond donors (Lipinski definition) is 1. The van der Waals surface area contributed by atoms with E-state index in [0.29, 0.717) is 0 Å². The minimum atomic E-state index is -3.18. The molecule has 7 heteroatoms. The van der Waals surface area contributed by atoms with E-state index in [2.05, 4.69) is 5.32 Å². The number of amides is 1. The van der Waals surface area contributed by atoms with Crippen LogP contribution in [0, 0.1) is 0 Å². The smallest absolute Gasteiger partial charge is 0.328 e. The summed E-state index contributed by atoms with van der Waals surface area (Å²) in [6.07, 6.45) is 0.892. The van der Waals surface area contributed by atoms with Gasteiger partial charge in [-0.15, -0.1) is 0 Å². The van der Waals surface area contributed by atoms with E-state index in [1.807, 2.05) is 0 Å². The summed E-state index contributed by atoms with van der Waals surface area (Å²) in [6, 6.07) is -0.795. The van der Waals surface area contributed by atoms with Gasteiger partial charge < -0.3 is 10.1 Å². The molecule has 0 aliphatic heterocycles. The quantitative estimate of drug-likeness (QED) is 0.729. The Bertz CT molecular complexity index is 408. The third-order valence-corrected chi connectivity index (χ3v) is 2.78. The van der Waals surface area contributed by atoms with E-state index in [4.69, 9.17) is 4.74 Å². The first-order chi connectivity index (χ1) is 7.91. The highest BCUT2D eigenvalue weighted by Gasteiger charge is 2.23. The lowest BCUT2D eigenvalue weighted by Gasteiger charge is -2.22. The zero-order valence-electron chi connectivity index (χ0n) is 11.4. The fourth-order valence-corrected chi connectivity index (χ4v) is 1.60. The van der Waals surface area contributed by atoms with Crippen LogP contribution in [0.1, 0.15) is 34.1 Å². The van der Waals surface area contributed by atoms with E-state index in [0.717, 1.165) is 6.26 Å². The Kier molecular flexibility index (Phi) is 5.79. The first-order valence-electron chi connectivity index (χ1n) is 5.61. The lowest BCUT2D eigenvalue weighted by atomic mass is 10.2. The molecule has 106 valence electrons. The van der Waals surface area contributed by atoms with Crippen LogP contribution < -0.4 is 5.32 Å². The van der Waals surface area contributed by atoms with E-state index in [1.165, 1.54) is 6.92 Å². The van der Waals surface area contributed by atoms with Crippen molar-refractivity contribution in [2.24, 2.45) is 0 Å². The van der Waals surface area contributed by atoms with E-state index in [1.54, 1.807) is 20.8 Å². The van der Waals surface area contributed by atoms with Gasteiger partial charge in [0.2, 0.25) is 5.91 Å². The van der Waals surface area contributed by atoms with Crippen LogP contribution in [0.2, 0.25) is 0 Å². The van der Waals surface area contributed by atoms with Crippen molar-refractivity contribution in [3.8, 4) is 0 Å². The largest absolute Gasteiger partial charge is 0.458 e. The van der Waals surface area contributed by atoms with Gasteiger partial charge in [0.25, 0.3) is 0 Å². The second-order valence-corrected chi connectivity index (χ2v) is 7.46. The van der Waals surface area contributed by atoms with Crippen LogP contribution in [-0.2, 0) is 24.2 Å². The number of hydrogen-bond acceptors (Lipinski definition) is 5. The average Bonchev–Trinajstić information content (AvgIpc) is 2.10. The summed E-state index contributed by atoms with van der Waals surface area (Å²) in [5, 5.41) is 2.40. The highest BCUT2D eigenvalue weighted by Crippen LogP contribution is 2.08. The molecule has 0 aromatic rings. The number of rotatable bonds is 5. The number of carbonyl (C=O) groups excluding carboxylic acids is 2. The summed E-state index contributed by atoms with van der Waals surface area (Å²) >= 11 is 0. The molecule has 0 saturated heterocycles. The van der Waals surface area contributed by atoms with Crippen molar-refractivity contribution in [1.29, 1.82) is 0 Å². The molecule has 0 fully saturated rings. The van der Waals surface area contributed by atoms with Gasteiger partial charge in [-0.3, -0.25) is 4.79 Å². The number of sulfone groups is 1. The van der Waals surface area contributed by atoms with Gasteiger partial charge in [0.1, 0.15) is 21.5 Å². The summed E-state index contributed by atoms with van der Waals surface area (Å²) in [7, 11) is -3.18. The second kappa shape index (κ2) is 6.17. The van der Waals surface area contributed by atoms with Crippen LogP contribution in [0.4, 0.5) is 0 Å². The Morgan fingerprint density at radius 3 is 2.17 bits per heavy atom. The van der Waals surface area contributed by atoms with Crippen molar-refractivity contribution < 1.29 is 22.7 Å². The maximum absolute atomic E-state index is 11.5. The minimum Gasteiger partial charge on any atom is -0.458 e. The Morgan fingerprint density at radius 2 is 1.78 bits per heavy atom. The molecular weight excluding hydrogens is 258 g/mol. The van der Waals surface area contributed by atoms with Gasteiger partial charge in [0.05, 0.1) is 5.75 Å². The number of esters is 1. The van der Waals surface area contributed by atoms with Crippen LogP contribution >= 0.6 is 0 Å². The Labute approximate surface area is 108 Å². The zero-order chi connectivity index (χ0) is 14.6. The third-order valence-electron chi connectivity index (χ3n) is 1.84. The van der Waals surface area contributed by atoms with Crippen LogP contribution in [0.5, 0.6) is 0 Å². The maximum atomic E-state index is 11.5. The van der Waals surface area contributed by atoms with Crippen molar-refractivity contribution in [1.82, 2.24) is 5.32 Å². The molecule has 0 heterocycles. The molecule has 1 amide bonds. The average molecular weight is 279 g/mol. The van der Waals surface area contributed by atoms with E-state index < -0.39 is 33.4 Å². The first kappa shape index (κ1) is 16.9. The first-order valence-corrected chi connectivity index (χ1v) is 7.67. The van der Waals surface area contributed by atoms with Crippen LogP contribution in [0.25, 0.3) is 0 Å². The molecule has 0 aliphatic rings. The molecule has 0 bridgehead atoms. The molecular formula is C11H21NO5S. The molecule has 0 aromatic heterocycles. The highest BCUT2D eigenvalue weighted by atomic mass is 32.2. The van der Waals surface area contributed by atoms with Gasteiger partial charge in [0.15, 0.2) is 0 Å². The van der Waals surface area contributed by atoms with Gasteiger partial charge in [0, 0.05) is 12.7 Å². The molecule has 0 spiro atoms. The normalized spacial score (nSPS) is 13.8. The topological polar surface area (TPSA) is 89.5 Å². The van der Waals surface area contributed by atoms with Gasteiger partial charge in [-0.05, 0) is 27.7 Å². The molecule has 1 N–H and O–H groups in total. The van der Waals surface area contributed by atoms with Crippen LogP contribution in [0.15, 0.2) is 0 Å². The molecule has 0 aliphatic carbocycles. The van der Waals surface area contributed by atoms with Crippen LogP contribution in [0.3, 0.4) is 0 Å². The lowest BCUT2D eigenvalue weighted by Crippen LogP contribution is -2.42. The Hall–Kier alpha value is -1.11. The number of ether oxygens (including phenoxy) is 1. The maximum Gasteiger partial charge on any atom is 0.328 e. The van der Waals surface area contributed by atoms with Crippen LogP contribution in [-0.4, -0.2) is 43.9 Å². The Balaban J connectivity index is 4.20. The van der Waals surface area contributed by atoms with E-state index >= 15 is 0 Å². The standard InChI is InChI=1S/C11H21NO5S/c1-8(10(14)17-11(2,3)4)12-9(13)6-7-18(5,15)16/h8H,6-7H2,1-5H3,(H,12,13)/t8-/m1/s1. The summed E-state index contributed by atoms with van der Waals surface area (Å²) in [5.74, 6) is -1.27. The molecule has 0 rings (SSSR count). The van der Waals surface area contributed by atoms with Gasteiger partial charge in [-0.2, -0.15) is 0 Å². The van der Waals surface area contributed by atoms with Crippen molar-refractivity contribution in [3.63, 3.8) is 0 Å². The number of carbonyl (C=O) groups is 2. The fraction of sp³-hybridized carbons (Fsp3) is 0.818. The van der Waals surface area contributed by atoms with Crippen molar-refractivity contribution in [2.75, 3.05) is 12.0 Å². The van der Waals surface area contributed by atoms with Crippen molar-refractivity contribution in [2.45, 2.75) is 45.8 Å². The minimum absolute atomic E-state index is 0.161.